The first-order valence-electron chi connectivity index (χ1n) is 6.85. The third-order valence-electron chi connectivity index (χ3n) is 3.70. The van der Waals surface area contributed by atoms with Crippen molar-refractivity contribution in [3.8, 4) is 0 Å². The Morgan fingerprint density at radius 3 is 3.05 bits per heavy atom. The van der Waals surface area contributed by atoms with Gasteiger partial charge in [-0.05, 0) is 30.9 Å². The fourth-order valence-corrected chi connectivity index (χ4v) is 5.05. The topological polar surface area (TPSA) is 50.7 Å². The van der Waals surface area contributed by atoms with Gasteiger partial charge in [-0.25, -0.2) is 9.89 Å². The van der Waals surface area contributed by atoms with Crippen LogP contribution in [0.25, 0.3) is 0 Å². The molecule has 2 heterocycles. The van der Waals surface area contributed by atoms with Crippen molar-refractivity contribution in [2.24, 2.45) is 0 Å². The molecule has 4 rings (SSSR count). The number of hydrogen-bond acceptors (Lipinski definition) is 4. The minimum absolute atomic E-state index is 0.0580. The van der Waals surface area contributed by atoms with Crippen molar-refractivity contribution in [2.45, 2.75) is 40.6 Å². The number of fused-ring (bicyclic) bond motifs is 1. The van der Waals surface area contributed by atoms with Gasteiger partial charge in [0.15, 0.2) is 5.16 Å². The molecular weight excluding hydrogens is 290 g/mol. The van der Waals surface area contributed by atoms with E-state index in [-0.39, 0.29) is 5.69 Å². The van der Waals surface area contributed by atoms with E-state index in [9.17, 15) is 4.79 Å². The lowest BCUT2D eigenvalue weighted by molar-refractivity contribution is 0.642. The van der Waals surface area contributed by atoms with Crippen LogP contribution in [0.5, 0.6) is 0 Å². The molecule has 0 amide bonds. The largest absolute Gasteiger partial charge is 0.344 e. The van der Waals surface area contributed by atoms with Crippen LogP contribution in [-0.2, 0) is 6.42 Å². The molecule has 4 nitrogen and oxygen atoms in total. The average molecular weight is 305 g/mol. The van der Waals surface area contributed by atoms with Crippen LogP contribution in [0.3, 0.4) is 0 Å². The van der Waals surface area contributed by atoms with E-state index in [0.717, 1.165) is 30.2 Å². The number of hydrogen-bond donors (Lipinski definition) is 1. The Bertz CT molecular complexity index is 665. The van der Waals surface area contributed by atoms with Gasteiger partial charge >= 0.3 is 5.69 Å². The summed E-state index contributed by atoms with van der Waals surface area (Å²) >= 11 is 3.65. The van der Waals surface area contributed by atoms with E-state index in [1.54, 1.807) is 11.8 Å². The maximum atomic E-state index is 11.7. The number of nitrogens with one attached hydrogen (secondary N) is 1. The number of nitrogens with zero attached hydrogens (tertiary/aromatic N) is 2. The third kappa shape index (κ3) is 2.31. The summed E-state index contributed by atoms with van der Waals surface area (Å²) in [5.41, 5.74) is 1.39. The number of thioether (sulfide) groups is 2. The summed E-state index contributed by atoms with van der Waals surface area (Å²) in [5, 5.41) is 8.18. The highest BCUT2D eigenvalue weighted by atomic mass is 32.2. The summed E-state index contributed by atoms with van der Waals surface area (Å²) in [5.74, 6) is 0.996. The van der Waals surface area contributed by atoms with Crippen LogP contribution in [0.2, 0.25) is 0 Å². The normalized spacial score (nSPS) is 21.1. The van der Waals surface area contributed by atoms with Crippen LogP contribution in [0.15, 0.2) is 39.1 Å². The molecule has 0 bridgehead atoms. The molecular formula is C14H15N3OS2. The van der Waals surface area contributed by atoms with Crippen LogP contribution < -0.4 is 5.69 Å². The molecule has 1 saturated carbocycles. The molecule has 2 aromatic rings. The second kappa shape index (κ2) is 5.00. The van der Waals surface area contributed by atoms with Crippen molar-refractivity contribution in [1.82, 2.24) is 14.8 Å². The Morgan fingerprint density at radius 2 is 2.25 bits per heavy atom. The highest BCUT2D eigenvalue weighted by Crippen LogP contribution is 2.40. The van der Waals surface area contributed by atoms with Crippen molar-refractivity contribution < 1.29 is 0 Å². The van der Waals surface area contributed by atoms with E-state index in [2.05, 4.69) is 34.5 Å². The Kier molecular flexibility index (Phi) is 3.15. The van der Waals surface area contributed by atoms with E-state index < -0.39 is 0 Å². The fraction of sp³-hybridized carbons (Fsp3) is 0.429. The summed E-state index contributed by atoms with van der Waals surface area (Å²) in [6.45, 7) is 0. The quantitative estimate of drug-likeness (QED) is 0.883. The van der Waals surface area contributed by atoms with Gasteiger partial charge in [-0.15, -0.1) is 16.9 Å². The van der Waals surface area contributed by atoms with E-state index >= 15 is 0 Å². The van der Waals surface area contributed by atoms with E-state index in [0.29, 0.717) is 11.3 Å². The van der Waals surface area contributed by atoms with Gasteiger partial charge in [0, 0.05) is 21.9 Å². The highest BCUT2D eigenvalue weighted by Gasteiger charge is 2.29. The molecule has 2 aliphatic rings. The monoisotopic (exact) mass is 305 g/mol. The Labute approximate surface area is 125 Å². The molecule has 0 radical (unpaired) electrons. The summed E-state index contributed by atoms with van der Waals surface area (Å²) in [6.07, 6.45) is 3.33. The lowest BCUT2D eigenvalue weighted by atomic mass is 10.1. The molecule has 1 unspecified atom stereocenters. The number of H-pyrrole nitrogens is 1. The predicted molar refractivity (Wildman–Crippen MR) is 81.6 cm³/mol. The molecule has 1 aromatic carbocycles. The van der Waals surface area contributed by atoms with Crippen molar-refractivity contribution >= 4 is 23.5 Å². The van der Waals surface area contributed by atoms with Gasteiger partial charge in [0.1, 0.15) is 0 Å². The average Bonchev–Trinajstić information content (AvgIpc) is 3.09. The summed E-state index contributed by atoms with van der Waals surface area (Å²) < 4.78 is 1.83. The summed E-state index contributed by atoms with van der Waals surface area (Å²) in [4.78, 5) is 13.1. The second-order valence-electron chi connectivity index (χ2n) is 5.28. The Morgan fingerprint density at radius 1 is 1.40 bits per heavy atom. The molecule has 1 N–H and O–H groups in total. The fourth-order valence-electron chi connectivity index (χ4n) is 2.56. The van der Waals surface area contributed by atoms with E-state index in [1.807, 2.05) is 16.3 Å². The van der Waals surface area contributed by atoms with Gasteiger partial charge in [0.2, 0.25) is 0 Å². The van der Waals surface area contributed by atoms with Gasteiger partial charge in [-0.3, -0.25) is 4.57 Å². The van der Waals surface area contributed by atoms with Gasteiger partial charge < -0.3 is 0 Å². The number of rotatable bonds is 4. The molecule has 1 aliphatic carbocycles. The number of aromatic nitrogens is 3. The van der Waals surface area contributed by atoms with E-state index in [1.165, 1.54) is 10.5 Å². The summed E-state index contributed by atoms with van der Waals surface area (Å²) in [7, 11) is 0. The zero-order chi connectivity index (χ0) is 13.5. The maximum absolute atomic E-state index is 11.7. The molecule has 20 heavy (non-hydrogen) atoms. The maximum Gasteiger partial charge on any atom is 0.344 e. The molecule has 6 heteroatoms. The first-order chi connectivity index (χ1) is 9.81. The smallest absolute Gasteiger partial charge is 0.267 e. The van der Waals surface area contributed by atoms with Crippen LogP contribution in [0, 0.1) is 0 Å². The Balaban J connectivity index is 1.44. The SMILES string of the molecule is O=c1[nH]nc(SCC2Cc3ccccc3S2)n1C1CC1. The van der Waals surface area contributed by atoms with Gasteiger partial charge in [0.25, 0.3) is 0 Å². The summed E-state index contributed by atoms with van der Waals surface area (Å²) in [6, 6.07) is 8.99. The van der Waals surface area contributed by atoms with Crippen molar-refractivity contribution in [2.75, 3.05) is 5.75 Å². The van der Waals surface area contributed by atoms with Crippen LogP contribution in [0.1, 0.15) is 24.4 Å². The second-order valence-corrected chi connectivity index (χ2v) is 7.60. The zero-order valence-corrected chi connectivity index (χ0v) is 12.5. The molecule has 0 spiro atoms. The lowest BCUT2D eigenvalue weighted by Gasteiger charge is -2.08. The first kappa shape index (κ1) is 12.6. The van der Waals surface area contributed by atoms with Gasteiger partial charge in [-0.2, -0.15) is 0 Å². The molecule has 104 valence electrons. The van der Waals surface area contributed by atoms with Crippen molar-refractivity contribution in [3.63, 3.8) is 0 Å². The zero-order valence-electron chi connectivity index (χ0n) is 10.9. The molecule has 1 atom stereocenters. The predicted octanol–water partition coefficient (Wildman–Crippen LogP) is 2.72. The van der Waals surface area contributed by atoms with Crippen molar-refractivity contribution in [3.05, 3.63) is 40.3 Å². The molecule has 1 fully saturated rings. The molecule has 0 saturated heterocycles. The van der Waals surface area contributed by atoms with Gasteiger partial charge in [-0.1, -0.05) is 30.0 Å². The van der Waals surface area contributed by atoms with Crippen LogP contribution in [-0.4, -0.2) is 25.8 Å². The standard InChI is InChI=1S/C14H15N3OS2/c18-13-15-16-14(17(13)10-5-6-10)19-8-11-7-9-3-1-2-4-12(9)20-11/h1-4,10-11H,5-8H2,(H,15,18). The minimum Gasteiger partial charge on any atom is -0.267 e. The minimum atomic E-state index is -0.0580. The molecule has 1 aromatic heterocycles. The first-order valence-corrected chi connectivity index (χ1v) is 8.72. The van der Waals surface area contributed by atoms with Gasteiger partial charge in [0.05, 0.1) is 0 Å². The number of aromatic amines is 1. The molecule has 1 aliphatic heterocycles. The third-order valence-corrected chi connectivity index (χ3v) is 6.34. The van der Waals surface area contributed by atoms with Crippen LogP contribution in [0.4, 0.5) is 0 Å². The highest BCUT2D eigenvalue weighted by molar-refractivity contribution is 8.03. The van der Waals surface area contributed by atoms with E-state index in [4.69, 9.17) is 0 Å². The van der Waals surface area contributed by atoms with Crippen LogP contribution >= 0.6 is 23.5 Å². The Hall–Kier alpha value is -1.14. The lowest BCUT2D eigenvalue weighted by Crippen LogP contribution is -2.16. The van der Waals surface area contributed by atoms with Crippen molar-refractivity contribution in [1.29, 1.82) is 0 Å². The number of benzene rings is 1.